The van der Waals surface area contributed by atoms with Crippen LogP contribution < -0.4 is 10.6 Å². The van der Waals surface area contributed by atoms with Crippen LogP contribution in [-0.4, -0.2) is 39.7 Å². The molecule has 2 aromatic carbocycles. The second-order valence-electron chi connectivity index (χ2n) is 8.71. The fourth-order valence-electron chi connectivity index (χ4n) is 3.97. The highest BCUT2D eigenvalue weighted by Crippen LogP contribution is 2.23. The molecule has 0 aliphatic carbocycles. The van der Waals surface area contributed by atoms with Gasteiger partial charge in [-0.2, -0.15) is 0 Å². The molecule has 0 spiro atoms. The van der Waals surface area contributed by atoms with Gasteiger partial charge in [-0.15, -0.1) is 11.3 Å². The highest BCUT2D eigenvalue weighted by Gasteiger charge is 2.24. The first-order valence-electron chi connectivity index (χ1n) is 12.0. The summed E-state index contributed by atoms with van der Waals surface area (Å²) in [5.74, 6) is -1.92. The number of aryl methyl sites for hydroxylation is 1. The maximum absolute atomic E-state index is 13.8. The molecule has 0 unspecified atom stereocenters. The van der Waals surface area contributed by atoms with Crippen LogP contribution in [0.5, 0.6) is 0 Å². The van der Waals surface area contributed by atoms with Gasteiger partial charge < -0.3 is 15.7 Å². The Morgan fingerprint density at radius 1 is 1.05 bits per heavy atom. The van der Waals surface area contributed by atoms with Crippen molar-refractivity contribution in [3.8, 4) is 10.6 Å². The van der Waals surface area contributed by atoms with Crippen LogP contribution in [0.15, 0.2) is 72.4 Å². The van der Waals surface area contributed by atoms with Gasteiger partial charge in [0, 0.05) is 42.5 Å². The molecular formula is C28H28F2N4O2S. The predicted molar refractivity (Wildman–Crippen MR) is 140 cm³/mol. The minimum absolute atomic E-state index is 0.0359. The molecule has 192 valence electrons. The van der Waals surface area contributed by atoms with Crippen molar-refractivity contribution in [1.29, 1.82) is 0 Å². The van der Waals surface area contributed by atoms with Crippen LogP contribution in [0.3, 0.4) is 0 Å². The van der Waals surface area contributed by atoms with Gasteiger partial charge in [0.1, 0.15) is 22.3 Å². The Labute approximate surface area is 218 Å². The van der Waals surface area contributed by atoms with Crippen molar-refractivity contribution in [3.63, 3.8) is 0 Å². The van der Waals surface area contributed by atoms with Gasteiger partial charge in [-0.3, -0.25) is 9.78 Å². The molecule has 4 aromatic rings. The Morgan fingerprint density at radius 2 is 1.84 bits per heavy atom. The van der Waals surface area contributed by atoms with E-state index in [9.17, 15) is 18.7 Å². The Bertz CT molecular complexity index is 1310. The summed E-state index contributed by atoms with van der Waals surface area (Å²) in [6.07, 6.45) is 3.25. The molecule has 0 saturated carbocycles. The SMILES string of the molecule is CCc1cccc(CNC[C@H](O)[C@@H](Cc2cc(F)cc(F)c2)NC(=O)c2csc(-c3cccnc3)n2)c1. The lowest BCUT2D eigenvalue weighted by Gasteiger charge is -2.24. The van der Waals surface area contributed by atoms with E-state index < -0.39 is 29.7 Å². The monoisotopic (exact) mass is 522 g/mol. The number of benzene rings is 2. The molecule has 2 atom stereocenters. The molecular weight excluding hydrogens is 494 g/mol. The van der Waals surface area contributed by atoms with E-state index in [1.54, 1.807) is 23.8 Å². The van der Waals surface area contributed by atoms with Crippen molar-refractivity contribution in [2.45, 2.75) is 38.5 Å². The van der Waals surface area contributed by atoms with Gasteiger partial charge in [0.05, 0.1) is 12.1 Å². The van der Waals surface area contributed by atoms with E-state index in [2.05, 4.69) is 39.7 Å². The predicted octanol–water partition coefficient (Wildman–Crippen LogP) is 4.54. The minimum atomic E-state index is -1.03. The number of hydrogen-bond donors (Lipinski definition) is 3. The van der Waals surface area contributed by atoms with Crippen LogP contribution in [0.1, 0.15) is 34.1 Å². The second kappa shape index (κ2) is 12.6. The molecule has 0 radical (unpaired) electrons. The largest absolute Gasteiger partial charge is 0.390 e. The number of aliphatic hydroxyl groups is 1. The van der Waals surface area contributed by atoms with E-state index in [-0.39, 0.29) is 18.7 Å². The molecule has 9 heteroatoms. The summed E-state index contributed by atoms with van der Waals surface area (Å²) in [6, 6.07) is 14.1. The first-order chi connectivity index (χ1) is 17.9. The van der Waals surface area contributed by atoms with E-state index in [1.807, 2.05) is 18.2 Å². The van der Waals surface area contributed by atoms with Crippen LogP contribution in [0.2, 0.25) is 0 Å². The molecule has 37 heavy (non-hydrogen) atoms. The number of carbonyl (C=O) groups is 1. The number of hydrogen-bond acceptors (Lipinski definition) is 6. The summed E-state index contributed by atoms with van der Waals surface area (Å²) in [7, 11) is 0. The van der Waals surface area contributed by atoms with Gasteiger partial charge in [-0.1, -0.05) is 31.2 Å². The number of nitrogens with one attached hydrogen (secondary N) is 2. The van der Waals surface area contributed by atoms with Crippen molar-refractivity contribution in [3.05, 3.63) is 106 Å². The number of nitrogens with zero attached hydrogens (tertiary/aromatic N) is 2. The molecule has 0 saturated heterocycles. The van der Waals surface area contributed by atoms with Gasteiger partial charge >= 0.3 is 0 Å². The van der Waals surface area contributed by atoms with Crippen LogP contribution in [0.25, 0.3) is 10.6 Å². The van der Waals surface area contributed by atoms with Gasteiger partial charge in [0.2, 0.25) is 0 Å². The zero-order valence-electron chi connectivity index (χ0n) is 20.3. The van der Waals surface area contributed by atoms with Crippen molar-refractivity contribution in [1.82, 2.24) is 20.6 Å². The molecule has 2 heterocycles. The Hall–Kier alpha value is -3.53. The van der Waals surface area contributed by atoms with Crippen LogP contribution >= 0.6 is 11.3 Å². The number of aromatic nitrogens is 2. The van der Waals surface area contributed by atoms with Gasteiger partial charge in [-0.25, -0.2) is 13.8 Å². The molecule has 3 N–H and O–H groups in total. The zero-order valence-corrected chi connectivity index (χ0v) is 21.1. The quantitative estimate of drug-likeness (QED) is 0.269. The van der Waals surface area contributed by atoms with E-state index in [1.165, 1.54) is 29.0 Å². The highest BCUT2D eigenvalue weighted by atomic mass is 32.1. The number of aliphatic hydroxyl groups excluding tert-OH is 1. The Balaban J connectivity index is 1.46. The number of thiazole rings is 1. The average molecular weight is 523 g/mol. The molecule has 1 amide bonds. The van der Waals surface area contributed by atoms with E-state index in [0.29, 0.717) is 17.1 Å². The summed E-state index contributed by atoms with van der Waals surface area (Å²) in [5.41, 5.74) is 3.59. The summed E-state index contributed by atoms with van der Waals surface area (Å²) in [6.45, 7) is 2.78. The van der Waals surface area contributed by atoms with Crippen LogP contribution in [0.4, 0.5) is 8.78 Å². The zero-order chi connectivity index (χ0) is 26.2. The van der Waals surface area contributed by atoms with Gasteiger partial charge in [-0.05, 0) is 53.8 Å². The first-order valence-corrected chi connectivity index (χ1v) is 12.9. The third-order valence-electron chi connectivity index (χ3n) is 5.89. The number of amides is 1. The first kappa shape index (κ1) is 26.5. The molecule has 4 rings (SSSR count). The molecule has 0 fully saturated rings. The van der Waals surface area contributed by atoms with Crippen molar-refractivity contribution in [2.24, 2.45) is 0 Å². The number of carbonyl (C=O) groups excluding carboxylic acids is 1. The smallest absolute Gasteiger partial charge is 0.271 e. The lowest BCUT2D eigenvalue weighted by molar-refractivity contribution is 0.0826. The van der Waals surface area contributed by atoms with Crippen molar-refractivity contribution < 1.29 is 18.7 Å². The molecule has 0 aliphatic rings. The normalized spacial score (nSPS) is 12.8. The van der Waals surface area contributed by atoms with Crippen LogP contribution in [-0.2, 0) is 19.4 Å². The number of halogens is 2. The van der Waals surface area contributed by atoms with E-state index in [0.717, 1.165) is 23.6 Å². The topological polar surface area (TPSA) is 87.1 Å². The second-order valence-corrected chi connectivity index (χ2v) is 9.57. The standard InChI is InChI=1S/C28H28F2N4O2S/c1-2-18-5-3-6-19(9-18)14-32-16-26(35)24(12-20-10-22(29)13-23(30)11-20)33-27(36)25-17-37-28(34-25)21-7-4-8-31-15-21/h3-11,13,15,17,24,26,32,35H,2,12,14,16H2,1H3,(H,33,36)/t24-,26+/m1/s1. The maximum Gasteiger partial charge on any atom is 0.271 e. The van der Waals surface area contributed by atoms with Gasteiger partial charge in [0.15, 0.2) is 0 Å². The van der Waals surface area contributed by atoms with Crippen molar-refractivity contribution in [2.75, 3.05) is 6.54 Å². The highest BCUT2D eigenvalue weighted by molar-refractivity contribution is 7.13. The van der Waals surface area contributed by atoms with E-state index >= 15 is 0 Å². The van der Waals surface area contributed by atoms with Crippen LogP contribution in [0, 0.1) is 11.6 Å². The summed E-state index contributed by atoms with van der Waals surface area (Å²) in [5, 5.41) is 19.3. The molecule has 0 bridgehead atoms. The number of rotatable bonds is 11. The van der Waals surface area contributed by atoms with Gasteiger partial charge in [0.25, 0.3) is 5.91 Å². The summed E-state index contributed by atoms with van der Waals surface area (Å²) in [4.78, 5) is 21.5. The lowest BCUT2D eigenvalue weighted by Crippen LogP contribution is -2.48. The third-order valence-corrected chi connectivity index (χ3v) is 6.78. The molecule has 2 aromatic heterocycles. The third kappa shape index (κ3) is 7.48. The Morgan fingerprint density at radius 3 is 2.57 bits per heavy atom. The van der Waals surface area contributed by atoms with E-state index in [4.69, 9.17) is 0 Å². The minimum Gasteiger partial charge on any atom is -0.390 e. The fraction of sp³-hybridized carbons (Fsp3) is 0.250. The molecule has 6 nitrogen and oxygen atoms in total. The molecule has 0 aliphatic heterocycles. The number of pyridine rings is 1. The van der Waals surface area contributed by atoms with Crippen molar-refractivity contribution >= 4 is 17.2 Å². The summed E-state index contributed by atoms with van der Waals surface area (Å²) >= 11 is 1.30. The average Bonchev–Trinajstić information content (AvgIpc) is 3.39. The fourth-order valence-corrected chi connectivity index (χ4v) is 4.77. The maximum atomic E-state index is 13.8. The lowest BCUT2D eigenvalue weighted by atomic mass is 10.00. The Kier molecular flexibility index (Phi) is 9.05. The summed E-state index contributed by atoms with van der Waals surface area (Å²) < 4.78 is 27.6.